The monoisotopic (exact) mass is 273 g/mol. The number of hydrogen-bond donors (Lipinski definition) is 1. The summed E-state index contributed by atoms with van der Waals surface area (Å²) in [6.07, 6.45) is 3.83. The molecule has 0 fully saturated rings. The Morgan fingerprint density at radius 3 is 2.65 bits per heavy atom. The molecule has 0 atom stereocenters. The fourth-order valence-corrected chi connectivity index (χ4v) is 2.00. The molecule has 1 aromatic rings. The lowest BCUT2D eigenvalue weighted by Gasteiger charge is -2.04. The van der Waals surface area contributed by atoms with Gasteiger partial charge in [0.05, 0.1) is 0 Å². The molecule has 17 heavy (non-hydrogen) atoms. The molecule has 0 aliphatic carbocycles. The predicted octanol–water partition coefficient (Wildman–Crippen LogP) is 3.62. The highest BCUT2D eigenvalue weighted by atomic mass is 35.5. The molecule has 0 bridgehead atoms. The first-order chi connectivity index (χ1) is 8.13. The van der Waals surface area contributed by atoms with Gasteiger partial charge in [-0.15, -0.1) is 0 Å². The third kappa shape index (κ3) is 5.53. The zero-order chi connectivity index (χ0) is 12.7. The van der Waals surface area contributed by atoms with E-state index in [2.05, 4.69) is 0 Å². The Labute approximate surface area is 112 Å². The fourth-order valence-electron chi connectivity index (χ4n) is 1.62. The van der Waals surface area contributed by atoms with Crippen LogP contribution in [-0.2, 0) is 11.2 Å². The molecular formula is C13H17Cl2NO. The lowest BCUT2D eigenvalue weighted by molar-refractivity contribution is -0.118. The van der Waals surface area contributed by atoms with Crippen molar-refractivity contribution in [2.75, 3.05) is 6.54 Å². The van der Waals surface area contributed by atoms with Gasteiger partial charge in [0.1, 0.15) is 5.78 Å². The molecule has 0 heterocycles. The Kier molecular flexibility index (Phi) is 6.56. The predicted molar refractivity (Wildman–Crippen MR) is 72.7 cm³/mol. The molecule has 0 aliphatic heterocycles. The van der Waals surface area contributed by atoms with E-state index in [1.54, 1.807) is 18.2 Å². The minimum Gasteiger partial charge on any atom is -0.330 e. The van der Waals surface area contributed by atoms with Crippen LogP contribution in [0.25, 0.3) is 0 Å². The van der Waals surface area contributed by atoms with Crippen LogP contribution in [0, 0.1) is 0 Å². The Morgan fingerprint density at radius 1 is 1.18 bits per heavy atom. The number of benzene rings is 1. The largest absolute Gasteiger partial charge is 0.330 e. The minimum atomic E-state index is 0.200. The second kappa shape index (κ2) is 7.70. The highest BCUT2D eigenvalue weighted by Crippen LogP contribution is 2.21. The minimum absolute atomic E-state index is 0.200. The van der Waals surface area contributed by atoms with Crippen molar-refractivity contribution in [2.45, 2.75) is 32.1 Å². The second-order valence-electron chi connectivity index (χ2n) is 4.05. The Bertz CT molecular complexity index is 380. The summed E-state index contributed by atoms with van der Waals surface area (Å²) in [6, 6.07) is 5.20. The number of ketones is 1. The fraction of sp³-hybridized carbons (Fsp3) is 0.462. The van der Waals surface area contributed by atoms with Crippen molar-refractivity contribution >= 4 is 29.0 Å². The quantitative estimate of drug-likeness (QED) is 0.771. The van der Waals surface area contributed by atoms with Crippen LogP contribution in [-0.4, -0.2) is 12.3 Å². The number of unbranched alkanes of at least 4 members (excludes halogenated alkanes) is 2. The van der Waals surface area contributed by atoms with Gasteiger partial charge in [-0.25, -0.2) is 0 Å². The van der Waals surface area contributed by atoms with Gasteiger partial charge in [0.25, 0.3) is 0 Å². The SMILES string of the molecule is NCCCCCC(=O)Cc1cc(Cl)ccc1Cl. The summed E-state index contributed by atoms with van der Waals surface area (Å²) in [5.41, 5.74) is 6.20. The molecular weight excluding hydrogens is 257 g/mol. The number of carbonyl (C=O) groups excluding carboxylic acids is 1. The van der Waals surface area contributed by atoms with Gasteiger partial charge < -0.3 is 5.73 Å². The maximum absolute atomic E-state index is 11.7. The van der Waals surface area contributed by atoms with Gasteiger partial charge in [0.2, 0.25) is 0 Å². The van der Waals surface area contributed by atoms with Crippen molar-refractivity contribution < 1.29 is 4.79 Å². The molecule has 0 saturated heterocycles. The number of Topliss-reactive ketones (excluding diaryl/α,β-unsaturated/α-hetero) is 1. The van der Waals surface area contributed by atoms with Gasteiger partial charge in [-0.2, -0.15) is 0 Å². The molecule has 0 radical (unpaired) electrons. The van der Waals surface area contributed by atoms with Crippen LogP contribution < -0.4 is 5.73 Å². The summed E-state index contributed by atoms with van der Waals surface area (Å²) in [4.78, 5) is 11.7. The van der Waals surface area contributed by atoms with Gasteiger partial charge in [-0.1, -0.05) is 29.6 Å². The van der Waals surface area contributed by atoms with E-state index in [4.69, 9.17) is 28.9 Å². The van der Waals surface area contributed by atoms with Crippen LogP contribution in [0.15, 0.2) is 18.2 Å². The first-order valence-electron chi connectivity index (χ1n) is 5.79. The molecule has 0 aliphatic rings. The third-order valence-corrected chi connectivity index (χ3v) is 3.16. The number of halogens is 2. The van der Waals surface area contributed by atoms with E-state index in [0.29, 0.717) is 29.4 Å². The average molecular weight is 274 g/mol. The molecule has 0 spiro atoms. The lowest BCUT2D eigenvalue weighted by atomic mass is 10.0. The summed E-state index contributed by atoms with van der Waals surface area (Å²) in [6.45, 7) is 0.689. The van der Waals surface area contributed by atoms with Gasteiger partial charge in [0, 0.05) is 22.9 Å². The van der Waals surface area contributed by atoms with Gasteiger partial charge in [-0.3, -0.25) is 4.79 Å². The summed E-state index contributed by atoms with van der Waals surface area (Å²) in [5.74, 6) is 0.200. The summed E-state index contributed by atoms with van der Waals surface area (Å²) < 4.78 is 0. The van der Waals surface area contributed by atoms with E-state index in [1.165, 1.54) is 0 Å². The molecule has 2 nitrogen and oxygen atoms in total. The van der Waals surface area contributed by atoms with Gasteiger partial charge in [-0.05, 0) is 43.1 Å². The van der Waals surface area contributed by atoms with Crippen molar-refractivity contribution in [1.82, 2.24) is 0 Å². The number of nitrogens with two attached hydrogens (primary N) is 1. The van der Waals surface area contributed by atoms with E-state index in [0.717, 1.165) is 24.8 Å². The van der Waals surface area contributed by atoms with E-state index in [1.807, 2.05) is 0 Å². The van der Waals surface area contributed by atoms with E-state index in [9.17, 15) is 4.79 Å². The molecule has 1 aromatic carbocycles. The van der Waals surface area contributed by atoms with Crippen molar-refractivity contribution in [2.24, 2.45) is 5.73 Å². The maximum atomic E-state index is 11.7. The zero-order valence-electron chi connectivity index (χ0n) is 9.72. The van der Waals surface area contributed by atoms with Crippen LogP contribution in [0.3, 0.4) is 0 Å². The van der Waals surface area contributed by atoms with Crippen molar-refractivity contribution in [3.8, 4) is 0 Å². The number of hydrogen-bond acceptors (Lipinski definition) is 2. The highest BCUT2D eigenvalue weighted by Gasteiger charge is 2.07. The topological polar surface area (TPSA) is 43.1 Å². The normalized spacial score (nSPS) is 10.5. The lowest BCUT2D eigenvalue weighted by Crippen LogP contribution is -2.04. The molecule has 1 rings (SSSR count). The number of rotatable bonds is 7. The van der Waals surface area contributed by atoms with Crippen LogP contribution in [0.1, 0.15) is 31.2 Å². The molecule has 4 heteroatoms. The van der Waals surface area contributed by atoms with Crippen LogP contribution in [0.2, 0.25) is 10.0 Å². The summed E-state index contributed by atoms with van der Waals surface area (Å²) in [5, 5.41) is 1.21. The summed E-state index contributed by atoms with van der Waals surface area (Å²) >= 11 is 11.9. The number of carbonyl (C=O) groups is 1. The highest BCUT2D eigenvalue weighted by molar-refractivity contribution is 6.33. The zero-order valence-corrected chi connectivity index (χ0v) is 11.2. The molecule has 0 saturated carbocycles. The smallest absolute Gasteiger partial charge is 0.137 e. The van der Waals surface area contributed by atoms with Crippen LogP contribution >= 0.6 is 23.2 Å². The molecule has 0 aromatic heterocycles. The first kappa shape index (κ1) is 14.5. The van der Waals surface area contributed by atoms with Crippen molar-refractivity contribution in [1.29, 1.82) is 0 Å². The maximum Gasteiger partial charge on any atom is 0.137 e. The Balaban J connectivity index is 2.42. The molecule has 94 valence electrons. The third-order valence-electron chi connectivity index (χ3n) is 2.56. The van der Waals surface area contributed by atoms with Crippen molar-refractivity contribution in [3.63, 3.8) is 0 Å². The summed E-state index contributed by atoms with van der Waals surface area (Å²) in [7, 11) is 0. The molecule has 0 unspecified atom stereocenters. The van der Waals surface area contributed by atoms with Gasteiger partial charge >= 0.3 is 0 Å². The van der Waals surface area contributed by atoms with E-state index in [-0.39, 0.29) is 5.78 Å². The second-order valence-corrected chi connectivity index (χ2v) is 4.89. The average Bonchev–Trinajstić information content (AvgIpc) is 2.29. The molecule has 2 N–H and O–H groups in total. The Hall–Kier alpha value is -0.570. The van der Waals surface area contributed by atoms with Crippen LogP contribution in [0.5, 0.6) is 0 Å². The van der Waals surface area contributed by atoms with Crippen LogP contribution in [0.4, 0.5) is 0 Å². The standard InChI is InChI=1S/C13H17Cl2NO/c14-11-5-6-13(15)10(8-11)9-12(17)4-2-1-3-7-16/h5-6,8H,1-4,7,9,16H2. The van der Waals surface area contributed by atoms with E-state index < -0.39 is 0 Å². The van der Waals surface area contributed by atoms with E-state index >= 15 is 0 Å². The molecule has 0 amide bonds. The first-order valence-corrected chi connectivity index (χ1v) is 6.54. The van der Waals surface area contributed by atoms with Gasteiger partial charge in [0.15, 0.2) is 0 Å². The van der Waals surface area contributed by atoms with Crippen molar-refractivity contribution in [3.05, 3.63) is 33.8 Å². The Morgan fingerprint density at radius 2 is 1.94 bits per heavy atom.